The van der Waals surface area contributed by atoms with Crippen LogP contribution in [-0.2, 0) is 14.8 Å². The van der Waals surface area contributed by atoms with Crippen molar-refractivity contribution in [2.75, 3.05) is 23.3 Å². The number of thiophene rings is 1. The van der Waals surface area contributed by atoms with Gasteiger partial charge in [0, 0.05) is 7.05 Å². The van der Waals surface area contributed by atoms with Gasteiger partial charge in [0.2, 0.25) is 5.13 Å². The molecule has 0 fully saturated rings. The second-order valence-corrected chi connectivity index (χ2v) is 9.69. The molecule has 0 aliphatic carbocycles. The number of nitrogens with one attached hydrogen (secondary N) is 1. The third-order valence-corrected chi connectivity index (χ3v) is 7.37. The Bertz CT molecular complexity index is 1010. The van der Waals surface area contributed by atoms with Gasteiger partial charge in [-0.3, -0.25) is 14.4 Å². The lowest BCUT2D eigenvalue weighted by atomic mass is 10.3. The normalized spacial score (nSPS) is 11.2. The van der Waals surface area contributed by atoms with E-state index in [-0.39, 0.29) is 16.7 Å². The highest BCUT2D eigenvalue weighted by Crippen LogP contribution is 2.26. The van der Waals surface area contributed by atoms with E-state index < -0.39 is 10.0 Å². The highest BCUT2D eigenvalue weighted by atomic mass is 32.2. The third kappa shape index (κ3) is 4.62. The molecule has 0 aliphatic rings. The number of hydrogen-bond donors (Lipinski definition) is 1. The van der Waals surface area contributed by atoms with E-state index in [1.54, 1.807) is 48.7 Å². The molecule has 8 nitrogen and oxygen atoms in total. The van der Waals surface area contributed by atoms with Gasteiger partial charge in [-0.25, -0.2) is 8.42 Å². The zero-order valence-corrected chi connectivity index (χ0v) is 16.9. The minimum Gasteiger partial charge on any atom is -0.484 e. The van der Waals surface area contributed by atoms with Gasteiger partial charge in [0.05, 0.1) is 5.69 Å². The van der Waals surface area contributed by atoms with Crippen LogP contribution in [0.5, 0.6) is 5.75 Å². The summed E-state index contributed by atoms with van der Waals surface area (Å²) >= 11 is 2.43. The van der Waals surface area contributed by atoms with Gasteiger partial charge in [0.1, 0.15) is 15.0 Å². The Morgan fingerprint density at radius 3 is 2.56 bits per heavy atom. The zero-order chi connectivity index (χ0) is 19.4. The van der Waals surface area contributed by atoms with E-state index in [9.17, 15) is 13.2 Å². The Kier molecular flexibility index (Phi) is 5.73. The van der Waals surface area contributed by atoms with E-state index in [0.717, 1.165) is 16.3 Å². The molecule has 142 valence electrons. The molecule has 3 aromatic rings. The monoisotopic (exact) mass is 424 g/mol. The number of aryl methyl sites for hydroxylation is 1. The van der Waals surface area contributed by atoms with Crippen molar-refractivity contribution < 1.29 is 17.9 Å². The van der Waals surface area contributed by atoms with Gasteiger partial charge in [-0.1, -0.05) is 17.4 Å². The van der Waals surface area contributed by atoms with Crippen LogP contribution in [0.25, 0.3) is 0 Å². The average Bonchev–Trinajstić information content (AvgIpc) is 3.32. The first-order valence-electron chi connectivity index (χ1n) is 7.71. The van der Waals surface area contributed by atoms with Crippen LogP contribution in [0.4, 0.5) is 10.8 Å². The molecular formula is C16H16N4O4S3. The predicted molar refractivity (Wildman–Crippen MR) is 105 cm³/mol. The molecule has 27 heavy (non-hydrogen) atoms. The van der Waals surface area contributed by atoms with E-state index in [0.29, 0.717) is 16.6 Å². The molecule has 2 aromatic heterocycles. The Morgan fingerprint density at radius 2 is 1.96 bits per heavy atom. The van der Waals surface area contributed by atoms with Crippen LogP contribution >= 0.6 is 22.7 Å². The first kappa shape index (κ1) is 19.3. The lowest BCUT2D eigenvalue weighted by molar-refractivity contribution is -0.118. The Morgan fingerprint density at radius 1 is 1.22 bits per heavy atom. The third-order valence-electron chi connectivity index (χ3n) is 3.45. The number of amides is 1. The molecule has 11 heteroatoms. The van der Waals surface area contributed by atoms with Gasteiger partial charge in [0.25, 0.3) is 15.9 Å². The average molecular weight is 425 g/mol. The fourth-order valence-electron chi connectivity index (χ4n) is 2.09. The van der Waals surface area contributed by atoms with Crippen LogP contribution in [0.3, 0.4) is 0 Å². The minimum atomic E-state index is -3.58. The number of ether oxygens (including phenoxy) is 1. The lowest BCUT2D eigenvalue weighted by Crippen LogP contribution is -2.25. The fourth-order valence-corrected chi connectivity index (χ4v) is 5.05. The largest absolute Gasteiger partial charge is 0.484 e. The SMILES string of the molecule is Cc1nnc(NC(=O)COc2ccc(N(C)S(=O)(=O)c3cccs3)cc2)s1. The van der Waals surface area contributed by atoms with Crippen molar-refractivity contribution >= 4 is 49.4 Å². The molecule has 1 aromatic carbocycles. The summed E-state index contributed by atoms with van der Waals surface area (Å²) < 4.78 is 31.9. The minimum absolute atomic E-state index is 0.193. The summed E-state index contributed by atoms with van der Waals surface area (Å²) in [7, 11) is -2.10. The van der Waals surface area contributed by atoms with Crippen LogP contribution < -0.4 is 14.4 Å². The zero-order valence-electron chi connectivity index (χ0n) is 14.4. The summed E-state index contributed by atoms with van der Waals surface area (Å²) in [6.07, 6.45) is 0. The second-order valence-electron chi connectivity index (χ2n) is 5.36. The number of sulfonamides is 1. The molecule has 0 atom stereocenters. The van der Waals surface area contributed by atoms with Crippen molar-refractivity contribution in [1.82, 2.24) is 10.2 Å². The Balaban J connectivity index is 1.59. The Labute approximate surface area is 164 Å². The quantitative estimate of drug-likeness (QED) is 0.626. The number of hydrogen-bond acceptors (Lipinski definition) is 8. The van der Waals surface area contributed by atoms with E-state index in [4.69, 9.17) is 4.74 Å². The number of anilines is 2. The highest BCUT2D eigenvalue weighted by molar-refractivity contribution is 7.94. The molecule has 0 saturated carbocycles. The summed E-state index contributed by atoms with van der Waals surface area (Å²) in [6.45, 7) is 1.60. The maximum atomic E-state index is 12.5. The number of aromatic nitrogens is 2. The molecule has 3 rings (SSSR count). The highest BCUT2D eigenvalue weighted by Gasteiger charge is 2.22. The number of rotatable bonds is 7. The van der Waals surface area contributed by atoms with Gasteiger partial charge in [-0.15, -0.1) is 21.5 Å². The van der Waals surface area contributed by atoms with Crippen LogP contribution in [0.2, 0.25) is 0 Å². The summed E-state index contributed by atoms with van der Waals surface area (Å²) in [5.74, 6) is 0.0943. The van der Waals surface area contributed by atoms with Crippen molar-refractivity contribution in [3.8, 4) is 5.75 Å². The molecule has 1 N–H and O–H groups in total. The van der Waals surface area contributed by atoms with Gasteiger partial charge in [-0.2, -0.15) is 0 Å². The predicted octanol–water partition coefficient (Wildman–Crippen LogP) is 2.75. The van der Waals surface area contributed by atoms with Crippen LogP contribution in [0.15, 0.2) is 46.0 Å². The Hall–Kier alpha value is -2.50. The fraction of sp³-hybridized carbons (Fsp3) is 0.188. The van der Waals surface area contributed by atoms with Crippen LogP contribution in [-0.4, -0.2) is 38.2 Å². The molecule has 0 saturated heterocycles. The summed E-state index contributed by atoms with van der Waals surface area (Å²) in [4.78, 5) is 11.8. The van der Waals surface area contributed by atoms with Gasteiger partial charge < -0.3 is 4.74 Å². The molecule has 0 spiro atoms. The van der Waals surface area contributed by atoms with Crippen molar-refractivity contribution in [2.24, 2.45) is 0 Å². The summed E-state index contributed by atoms with van der Waals surface area (Å²) in [5.41, 5.74) is 0.490. The van der Waals surface area contributed by atoms with Gasteiger partial charge in [0.15, 0.2) is 6.61 Å². The van der Waals surface area contributed by atoms with E-state index in [1.165, 1.54) is 22.7 Å². The molecule has 1 amide bonds. The second kappa shape index (κ2) is 8.03. The van der Waals surface area contributed by atoms with E-state index in [2.05, 4.69) is 15.5 Å². The standard InChI is InChI=1S/C16H16N4O4S3/c1-11-18-19-16(26-11)17-14(21)10-24-13-7-5-12(6-8-13)20(2)27(22,23)15-4-3-9-25-15/h3-9H,10H2,1-2H3,(H,17,19,21). The lowest BCUT2D eigenvalue weighted by Gasteiger charge is -2.18. The topological polar surface area (TPSA) is 101 Å². The van der Waals surface area contributed by atoms with Gasteiger partial charge >= 0.3 is 0 Å². The van der Waals surface area contributed by atoms with E-state index in [1.807, 2.05) is 0 Å². The number of nitrogens with zero attached hydrogens (tertiary/aromatic N) is 3. The molecule has 0 radical (unpaired) electrons. The van der Waals surface area contributed by atoms with Crippen molar-refractivity contribution in [2.45, 2.75) is 11.1 Å². The smallest absolute Gasteiger partial charge is 0.273 e. The van der Waals surface area contributed by atoms with E-state index >= 15 is 0 Å². The molecular weight excluding hydrogens is 408 g/mol. The molecule has 2 heterocycles. The number of benzene rings is 1. The maximum Gasteiger partial charge on any atom is 0.273 e. The summed E-state index contributed by atoms with van der Waals surface area (Å²) in [5, 5.41) is 13.1. The maximum absolute atomic E-state index is 12.5. The molecule has 0 bridgehead atoms. The molecule has 0 unspecified atom stereocenters. The number of carbonyl (C=O) groups excluding carboxylic acids is 1. The summed E-state index contributed by atoms with van der Waals surface area (Å²) in [6, 6.07) is 9.71. The first-order chi connectivity index (χ1) is 12.9. The van der Waals surface area contributed by atoms with Crippen molar-refractivity contribution in [3.05, 3.63) is 46.8 Å². The van der Waals surface area contributed by atoms with Crippen LogP contribution in [0, 0.1) is 6.92 Å². The number of carbonyl (C=O) groups is 1. The first-order valence-corrected chi connectivity index (χ1v) is 10.8. The molecule has 0 aliphatic heterocycles. The van der Waals surface area contributed by atoms with Crippen molar-refractivity contribution in [3.63, 3.8) is 0 Å². The van der Waals surface area contributed by atoms with Crippen molar-refractivity contribution in [1.29, 1.82) is 0 Å². The van der Waals surface area contributed by atoms with Crippen LogP contribution in [0.1, 0.15) is 5.01 Å². The van der Waals surface area contributed by atoms with Gasteiger partial charge in [-0.05, 0) is 42.6 Å².